The van der Waals surface area contributed by atoms with Crippen LogP contribution >= 0.6 is 0 Å². The Hall–Kier alpha value is -3.57. The van der Waals surface area contributed by atoms with E-state index >= 15 is 0 Å². The Balaban J connectivity index is 1.84. The van der Waals surface area contributed by atoms with Crippen LogP contribution in [-0.4, -0.2) is 60.9 Å². The summed E-state index contributed by atoms with van der Waals surface area (Å²) in [6.45, 7) is 2.24. The number of nitrogens with one attached hydrogen (secondary N) is 3. The van der Waals surface area contributed by atoms with Gasteiger partial charge in [-0.3, -0.25) is 4.98 Å². The first-order valence-corrected chi connectivity index (χ1v) is 10.8. The number of ether oxygens (including phenoxy) is 1. The fourth-order valence-corrected chi connectivity index (χ4v) is 3.31. The topological polar surface area (TPSA) is 94.0 Å². The third kappa shape index (κ3) is 7.20. The number of aliphatic hydroxyl groups excluding tert-OH is 1. The molecule has 0 saturated heterocycles. The number of hydrogen-bond acceptors (Lipinski definition) is 8. The van der Waals surface area contributed by atoms with Crippen LogP contribution in [-0.2, 0) is 0 Å². The maximum absolute atomic E-state index is 13.8. The highest BCUT2D eigenvalue weighted by Gasteiger charge is 2.40. The lowest BCUT2D eigenvalue weighted by molar-refractivity contribution is -0.0870. The minimum atomic E-state index is -4.65. The fraction of sp³-hybridized carbons (Fsp3) is 0.333. The minimum absolute atomic E-state index is 0.284. The zero-order valence-corrected chi connectivity index (χ0v) is 19.9. The molecule has 1 aliphatic heterocycles. The van der Waals surface area contributed by atoms with Crippen LogP contribution in [0.5, 0.6) is 5.75 Å². The molecule has 0 saturated carbocycles. The van der Waals surface area contributed by atoms with Gasteiger partial charge in [0.25, 0.3) is 0 Å². The number of methoxy groups -OCH3 is 1. The normalized spacial score (nSPS) is 19.1. The van der Waals surface area contributed by atoms with Gasteiger partial charge in [0.1, 0.15) is 17.1 Å². The molecule has 0 spiro atoms. The minimum Gasteiger partial charge on any atom is -0.495 e. The molecule has 2 heterocycles. The molecule has 11 heteroatoms. The number of benzene rings is 1. The molecule has 0 bridgehead atoms. The van der Waals surface area contributed by atoms with Crippen molar-refractivity contribution in [2.45, 2.75) is 25.0 Å². The number of allylic oxidation sites excluding steroid dienone is 1. The van der Waals surface area contributed by atoms with Gasteiger partial charge in [0.05, 0.1) is 31.3 Å². The number of likely N-dealkylation sites (N-methyl/N-ethyl adjacent to an activating group) is 1. The van der Waals surface area contributed by atoms with Crippen molar-refractivity contribution in [1.29, 1.82) is 0 Å². The van der Waals surface area contributed by atoms with E-state index in [1.807, 2.05) is 25.1 Å². The summed E-state index contributed by atoms with van der Waals surface area (Å²) in [4.78, 5) is 10.0. The first-order chi connectivity index (χ1) is 16.5. The van der Waals surface area contributed by atoms with Crippen LogP contribution in [0.4, 0.5) is 24.5 Å². The summed E-state index contributed by atoms with van der Waals surface area (Å²) in [5.74, 6) is -1.11. The molecule has 2 atom stereocenters. The number of pyridine rings is 1. The van der Waals surface area contributed by atoms with Gasteiger partial charge in [-0.25, -0.2) is 4.99 Å². The molecule has 0 fully saturated rings. The molecular formula is C24H29F3N6O2. The summed E-state index contributed by atoms with van der Waals surface area (Å²) in [7, 11) is 5.30. The molecule has 4 N–H and O–H groups in total. The average Bonchev–Trinajstić information content (AvgIpc) is 2.78. The number of aliphatic imine (C=N–C) groups is 1. The Morgan fingerprint density at radius 3 is 2.69 bits per heavy atom. The zero-order chi connectivity index (χ0) is 25.6. The van der Waals surface area contributed by atoms with Crippen LogP contribution in [0.25, 0.3) is 0 Å². The average molecular weight is 491 g/mol. The molecule has 2 unspecified atom stereocenters. The van der Waals surface area contributed by atoms with Crippen LogP contribution < -0.4 is 20.7 Å². The van der Waals surface area contributed by atoms with Gasteiger partial charge in [0, 0.05) is 24.5 Å². The fourth-order valence-electron chi connectivity index (χ4n) is 3.31. The maximum atomic E-state index is 13.8. The Morgan fingerprint density at radius 1 is 1.23 bits per heavy atom. The highest BCUT2D eigenvalue weighted by molar-refractivity contribution is 5.84. The third-order valence-corrected chi connectivity index (χ3v) is 5.02. The summed E-state index contributed by atoms with van der Waals surface area (Å²) in [6, 6.07) is 8.22. The van der Waals surface area contributed by atoms with E-state index < -0.39 is 23.6 Å². The Morgan fingerprint density at radius 2 is 2.00 bits per heavy atom. The molecule has 0 aliphatic carbocycles. The highest BCUT2D eigenvalue weighted by Crippen LogP contribution is 2.32. The second-order valence-electron chi connectivity index (χ2n) is 8.37. The second-order valence-corrected chi connectivity index (χ2v) is 8.37. The van der Waals surface area contributed by atoms with Crippen LogP contribution in [0.1, 0.15) is 18.6 Å². The molecule has 1 aromatic carbocycles. The summed E-state index contributed by atoms with van der Waals surface area (Å²) < 4.78 is 46.4. The van der Waals surface area contributed by atoms with Crippen molar-refractivity contribution in [3.8, 4) is 5.75 Å². The van der Waals surface area contributed by atoms with Crippen LogP contribution in [0.15, 0.2) is 71.3 Å². The zero-order valence-electron chi connectivity index (χ0n) is 19.9. The van der Waals surface area contributed by atoms with Crippen molar-refractivity contribution in [2.75, 3.05) is 38.4 Å². The van der Waals surface area contributed by atoms with E-state index in [2.05, 4.69) is 25.9 Å². The van der Waals surface area contributed by atoms with Gasteiger partial charge >= 0.3 is 6.18 Å². The van der Waals surface area contributed by atoms with Crippen LogP contribution in [0.3, 0.4) is 0 Å². The number of alkyl halides is 3. The summed E-state index contributed by atoms with van der Waals surface area (Å²) in [5.41, 5.74) is 0.442. The first-order valence-electron chi connectivity index (χ1n) is 10.8. The lowest BCUT2D eigenvalue weighted by Gasteiger charge is -2.35. The smallest absolute Gasteiger partial charge is 0.421 e. The molecule has 0 amide bonds. The van der Waals surface area contributed by atoms with Gasteiger partial charge in [-0.05, 0) is 38.7 Å². The van der Waals surface area contributed by atoms with E-state index in [9.17, 15) is 18.3 Å². The summed E-state index contributed by atoms with van der Waals surface area (Å²) >= 11 is 0. The van der Waals surface area contributed by atoms with Crippen LogP contribution in [0, 0.1) is 0 Å². The van der Waals surface area contributed by atoms with Crippen molar-refractivity contribution in [1.82, 2.24) is 15.2 Å². The SMILES string of the molecule is COc1cncc(NC2(C)N=CC(C(F)(F)F)=C(Nc3cccc(C(O)/C=C/CN(C)C)c3)N2)c1. The van der Waals surface area contributed by atoms with E-state index in [-0.39, 0.29) is 5.82 Å². The number of aliphatic hydroxyl groups is 1. The van der Waals surface area contributed by atoms with Gasteiger partial charge in [0.15, 0.2) is 0 Å². The highest BCUT2D eigenvalue weighted by atomic mass is 19.4. The Labute approximate surface area is 202 Å². The molecular weight excluding hydrogens is 461 g/mol. The van der Waals surface area contributed by atoms with Gasteiger partial charge in [-0.1, -0.05) is 24.3 Å². The molecule has 3 rings (SSSR count). The van der Waals surface area contributed by atoms with E-state index in [0.29, 0.717) is 29.2 Å². The number of aromatic nitrogens is 1. The molecule has 188 valence electrons. The lowest BCUT2D eigenvalue weighted by Crippen LogP contribution is -2.52. The van der Waals surface area contributed by atoms with Crippen molar-refractivity contribution in [3.05, 3.63) is 71.8 Å². The van der Waals surface area contributed by atoms with Gasteiger partial charge < -0.3 is 30.7 Å². The predicted molar refractivity (Wildman–Crippen MR) is 130 cm³/mol. The van der Waals surface area contributed by atoms with Crippen molar-refractivity contribution < 1.29 is 23.0 Å². The van der Waals surface area contributed by atoms with E-state index in [4.69, 9.17) is 4.74 Å². The second kappa shape index (κ2) is 10.8. The predicted octanol–water partition coefficient (Wildman–Crippen LogP) is 3.89. The number of nitrogens with zero attached hydrogens (tertiary/aromatic N) is 3. The maximum Gasteiger partial charge on any atom is 0.421 e. The number of anilines is 2. The summed E-state index contributed by atoms with van der Waals surface area (Å²) in [5, 5.41) is 19.1. The van der Waals surface area contributed by atoms with Crippen molar-refractivity contribution in [2.24, 2.45) is 4.99 Å². The van der Waals surface area contributed by atoms with Gasteiger partial charge in [-0.15, -0.1) is 0 Å². The van der Waals surface area contributed by atoms with E-state index in [1.165, 1.54) is 19.5 Å². The quantitative estimate of drug-likeness (QED) is 0.396. The Kier molecular flexibility index (Phi) is 8.03. The third-order valence-electron chi connectivity index (χ3n) is 5.02. The van der Waals surface area contributed by atoms with Crippen molar-refractivity contribution >= 4 is 17.6 Å². The van der Waals surface area contributed by atoms with Gasteiger partial charge in [0.2, 0.25) is 5.79 Å². The van der Waals surface area contributed by atoms with Crippen LogP contribution in [0.2, 0.25) is 0 Å². The summed E-state index contributed by atoms with van der Waals surface area (Å²) in [6.07, 6.45) is 1.70. The number of halogens is 3. The molecule has 1 aliphatic rings. The molecule has 0 radical (unpaired) electrons. The molecule has 1 aromatic heterocycles. The monoisotopic (exact) mass is 490 g/mol. The largest absolute Gasteiger partial charge is 0.495 e. The van der Waals surface area contributed by atoms with Gasteiger partial charge in [-0.2, -0.15) is 13.2 Å². The first kappa shape index (κ1) is 26.0. The molecule has 35 heavy (non-hydrogen) atoms. The Bertz CT molecular complexity index is 1120. The lowest BCUT2D eigenvalue weighted by atomic mass is 10.1. The molecule has 8 nitrogen and oxygen atoms in total. The molecule has 2 aromatic rings. The number of rotatable bonds is 9. The number of hydrogen-bond donors (Lipinski definition) is 4. The van der Waals surface area contributed by atoms with E-state index in [0.717, 1.165) is 6.21 Å². The van der Waals surface area contributed by atoms with E-state index in [1.54, 1.807) is 43.3 Å². The standard InChI is InChI=1S/C24H29F3N6O2/c1-23(31-18-12-19(35-4)14-28-13-18)29-15-20(24(25,26)27)22(32-23)30-17-8-5-7-16(11-17)21(34)9-6-10-33(2)3/h5-9,11-15,21,30-32,34H,10H2,1-4H3/b9-6+. The van der Waals surface area contributed by atoms with Crippen molar-refractivity contribution in [3.63, 3.8) is 0 Å².